The Hall–Kier alpha value is -16.0. The molecule has 0 saturated heterocycles. The van der Waals surface area contributed by atoms with Crippen LogP contribution in [0.5, 0.6) is 0 Å². The van der Waals surface area contributed by atoms with Gasteiger partial charge < -0.3 is 0 Å². The van der Waals surface area contributed by atoms with Gasteiger partial charge in [-0.2, -0.15) is 22.8 Å². The van der Waals surface area contributed by atoms with Crippen molar-refractivity contribution < 1.29 is 22.8 Å². The fourth-order valence-corrected chi connectivity index (χ4v) is 21.9. The molecule has 20 aromatic rings. The van der Waals surface area contributed by atoms with Crippen LogP contribution in [0, 0.1) is 96.9 Å². The van der Waals surface area contributed by atoms with Gasteiger partial charge in [0.1, 0.15) is 61.2 Å². The molecule has 690 valence electrons. The number of hydrogen-bond donors (Lipinski definition) is 0. The predicted octanol–water partition coefficient (Wildman–Crippen LogP) is 25.8. The van der Waals surface area contributed by atoms with E-state index < -0.39 is 0 Å². The van der Waals surface area contributed by atoms with Gasteiger partial charge in [-0.15, -0.1) is 23.4 Å². The van der Waals surface area contributed by atoms with Gasteiger partial charge in [0.25, 0.3) is 29.1 Å². The van der Waals surface area contributed by atoms with Gasteiger partial charge in [-0.05, 0) is 259 Å². The quantitative estimate of drug-likeness (QED) is 0.113. The molecule has 15 heteroatoms. The van der Waals surface area contributed by atoms with Crippen molar-refractivity contribution in [2.24, 2.45) is 0 Å². The fraction of sp³-hybridized carbons (Fsp3) is 0.200. The minimum atomic E-state index is 0.415. The van der Waals surface area contributed by atoms with Crippen molar-refractivity contribution in [3.8, 4) is 142 Å². The summed E-state index contributed by atoms with van der Waals surface area (Å²) in [5, 5.41) is 25.5. The maximum atomic E-state index is 5.19. The standard InChI is InChI=1S/C28H30N3.C26H26N3.C25H24N3.C24H22N3.C22H18N3/c1-18(2)22-15-10-16-23(19(3)4)26(22)31-27(24-13-8-6-11-20(24)5)29-30-17-21-12-7-9-14-25(21)28(30)31;1-16-13-19(4)23(20(5)14-16)25-27-28-15-21-11-6-7-12-22(21)26(28)29(25)24-17(2)9-8-10-18(24)3;1-16-9-8-14-21(19(16)4)24-26-27-15-20-12-5-6-13-22(20)25(27)28(24)23-17(2)10-7-11-18(23)3;1-16-9-4-6-13-20(16)23-25-26-15-19-12-5-7-14-21(19)24(26)27(23)22-17(2)10-8-11-18(22)3;1-16-9-5-7-13-19(16)21-23-24-15-17-10-6-8-14-20(17)22(24)25(21)18-11-3-2-4-12-18/h6-16,18-19H,17H2,1-5H3;6-14H,15H2,1-5H3;5-14H,15H2,1-4H3;4-14H,15H2,1-3H3;2-14H,15H2,1H3/q5*+1. The smallest absolute Gasteiger partial charge is 0.190 e. The topological polar surface area (TPSA) is 108 Å². The first-order valence-electron chi connectivity index (χ1n) is 49.2. The van der Waals surface area contributed by atoms with Crippen molar-refractivity contribution in [2.45, 2.75) is 169 Å². The third kappa shape index (κ3) is 16.0. The average Bonchev–Trinajstić information content (AvgIpc) is 1.57. The number of benzene rings is 15. The molecule has 25 rings (SSSR count). The molecule has 0 unspecified atom stereocenters. The molecule has 5 aromatic heterocycles. The summed E-state index contributed by atoms with van der Waals surface area (Å²) < 4.78 is 22.6. The van der Waals surface area contributed by atoms with Gasteiger partial charge in [-0.25, -0.2) is 0 Å². The van der Waals surface area contributed by atoms with E-state index in [2.05, 4.69) is 498 Å². The molecule has 0 fully saturated rings. The lowest BCUT2D eigenvalue weighted by Crippen LogP contribution is -2.37. The molecule has 140 heavy (non-hydrogen) atoms. The van der Waals surface area contributed by atoms with Crippen LogP contribution in [0.4, 0.5) is 0 Å². The van der Waals surface area contributed by atoms with Gasteiger partial charge in [-0.1, -0.05) is 294 Å². The van der Waals surface area contributed by atoms with E-state index in [4.69, 9.17) is 25.5 Å². The average molecular weight is 1830 g/mol. The molecular formula is C125H120N15+5. The maximum absolute atomic E-state index is 5.19. The zero-order valence-electron chi connectivity index (χ0n) is 83.6. The molecular weight excluding hydrogens is 1710 g/mol. The van der Waals surface area contributed by atoms with E-state index in [0.29, 0.717) is 11.8 Å². The van der Waals surface area contributed by atoms with Crippen molar-refractivity contribution in [3.05, 3.63) is 444 Å². The van der Waals surface area contributed by atoms with Crippen molar-refractivity contribution in [1.82, 2.24) is 48.9 Å². The Bertz CT molecular complexity index is 8170. The lowest BCUT2D eigenvalue weighted by atomic mass is 9.92. The summed E-state index contributed by atoms with van der Waals surface area (Å²) in [5.41, 5.74) is 45.5. The Kier molecular flexibility index (Phi) is 24.0. The second-order valence-electron chi connectivity index (χ2n) is 39.1. The highest BCUT2D eigenvalue weighted by atomic mass is 15.4. The molecule has 0 saturated carbocycles. The lowest BCUT2D eigenvalue weighted by molar-refractivity contribution is -0.574. The van der Waals surface area contributed by atoms with Crippen LogP contribution in [0.1, 0.15) is 156 Å². The number of nitrogens with zero attached hydrogens (tertiary/aromatic N) is 15. The summed E-state index contributed by atoms with van der Waals surface area (Å²) in [5.74, 6) is 11.8. The minimum absolute atomic E-state index is 0.415. The van der Waals surface area contributed by atoms with Crippen LogP contribution in [0.15, 0.2) is 328 Å². The zero-order valence-corrected chi connectivity index (χ0v) is 83.6. The van der Waals surface area contributed by atoms with Gasteiger partial charge in [-0.3, -0.25) is 0 Å². The zero-order chi connectivity index (χ0) is 96.7. The van der Waals surface area contributed by atoms with Gasteiger partial charge in [0, 0.05) is 53.3 Å². The Morgan fingerprint density at radius 2 is 0.443 bits per heavy atom. The van der Waals surface area contributed by atoms with E-state index in [1.807, 2.05) is 0 Å². The van der Waals surface area contributed by atoms with E-state index in [0.717, 1.165) is 73.4 Å². The normalized spacial score (nSPS) is 12.2. The largest absolute Gasteiger partial charge is 0.314 e. The molecule has 10 heterocycles. The Balaban J connectivity index is 0.000000104. The van der Waals surface area contributed by atoms with Gasteiger partial charge in [0.15, 0.2) is 0 Å². The van der Waals surface area contributed by atoms with Gasteiger partial charge >= 0.3 is 29.1 Å². The fourth-order valence-electron chi connectivity index (χ4n) is 21.9. The molecule has 0 bridgehead atoms. The lowest BCUT2D eigenvalue weighted by Gasteiger charge is -2.19. The van der Waals surface area contributed by atoms with E-state index in [1.165, 1.54) is 219 Å². The van der Waals surface area contributed by atoms with Crippen LogP contribution in [-0.2, 0) is 32.7 Å². The third-order valence-corrected chi connectivity index (χ3v) is 28.8. The third-order valence-electron chi connectivity index (χ3n) is 28.8. The minimum Gasteiger partial charge on any atom is -0.190 e. The summed E-state index contributed by atoms with van der Waals surface area (Å²) in [6, 6.07) is 117. The Morgan fingerprint density at radius 3 is 0.771 bits per heavy atom. The summed E-state index contributed by atoms with van der Waals surface area (Å²) in [6.07, 6.45) is 0. The van der Waals surface area contributed by atoms with Crippen molar-refractivity contribution in [3.63, 3.8) is 0 Å². The molecule has 0 aliphatic carbocycles. The number of aryl methyl sites for hydroxylation is 13. The van der Waals surface area contributed by atoms with Crippen molar-refractivity contribution in [1.29, 1.82) is 0 Å². The number of fused-ring (bicyclic) bond motifs is 15. The molecule has 5 aliphatic heterocycles. The van der Waals surface area contributed by atoms with E-state index in [-0.39, 0.29) is 0 Å². The molecule has 0 amide bonds. The van der Waals surface area contributed by atoms with E-state index >= 15 is 0 Å². The number of rotatable bonds is 12. The first kappa shape index (κ1) is 90.5. The van der Waals surface area contributed by atoms with Crippen LogP contribution >= 0.6 is 0 Å². The van der Waals surface area contributed by atoms with Gasteiger partial charge in [0.05, 0.1) is 55.6 Å². The summed E-state index contributed by atoms with van der Waals surface area (Å²) in [7, 11) is 0. The summed E-state index contributed by atoms with van der Waals surface area (Å²) in [6.45, 7) is 43.8. The molecule has 0 radical (unpaired) electrons. The Labute approximate surface area is 822 Å². The molecule has 5 aliphatic rings. The van der Waals surface area contributed by atoms with Gasteiger partial charge in [0.2, 0.25) is 0 Å². The van der Waals surface area contributed by atoms with Crippen LogP contribution < -0.4 is 22.8 Å². The molecule has 0 atom stereocenters. The summed E-state index contributed by atoms with van der Waals surface area (Å²) in [4.78, 5) is 0. The Morgan fingerprint density at radius 1 is 0.207 bits per heavy atom. The first-order chi connectivity index (χ1) is 68.0. The van der Waals surface area contributed by atoms with Crippen LogP contribution in [0.2, 0.25) is 0 Å². The van der Waals surface area contributed by atoms with Crippen molar-refractivity contribution >= 4 is 0 Å². The van der Waals surface area contributed by atoms with Crippen LogP contribution in [-0.4, -0.2) is 48.9 Å². The second kappa shape index (κ2) is 37.1. The van der Waals surface area contributed by atoms with E-state index in [9.17, 15) is 0 Å². The van der Waals surface area contributed by atoms with E-state index in [1.54, 1.807) is 0 Å². The second-order valence-corrected chi connectivity index (χ2v) is 39.1. The number of hydrogen-bond acceptors (Lipinski definition) is 5. The molecule has 15 nitrogen and oxygen atoms in total. The first-order valence-corrected chi connectivity index (χ1v) is 49.2. The summed E-state index contributed by atoms with van der Waals surface area (Å²) >= 11 is 0. The SMILES string of the molecule is Cc1cc(C)c(-c2nn3c([n+]2-c2c(C)cccc2C)-c2ccccc2C3)c(C)c1.Cc1cccc(-c2nn3c([n+]2-c2c(C)cccc2C)-c2ccccc2C3)c1C.Cc1ccccc1-c1nn2c([n+]1-c1c(C(C)C)cccc1C(C)C)-c1ccccc1C2.Cc1ccccc1-c1nn2c([n+]1-c1c(C)cccc1C)-c1ccccc1C2.Cc1ccccc1-c1nn2c([n+]1-c1ccccc1)-c1ccccc1C2. The maximum Gasteiger partial charge on any atom is 0.314 e. The molecule has 15 aromatic carbocycles. The van der Waals surface area contributed by atoms with Crippen LogP contribution in [0.25, 0.3) is 142 Å². The van der Waals surface area contributed by atoms with Crippen molar-refractivity contribution in [2.75, 3.05) is 0 Å². The highest BCUT2D eigenvalue weighted by molar-refractivity contribution is 5.74. The molecule has 0 spiro atoms. The van der Waals surface area contributed by atoms with Crippen LogP contribution in [0.3, 0.4) is 0 Å². The predicted molar refractivity (Wildman–Crippen MR) is 563 cm³/mol. The number of para-hydroxylation sites is 5. The molecule has 0 N–H and O–H groups in total. The highest BCUT2D eigenvalue weighted by Gasteiger charge is 2.44. The number of aromatic nitrogens is 15. The monoisotopic (exact) mass is 1830 g/mol. The highest BCUT2D eigenvalue weighted by Crippen LogP contribution is 2.43.